The van der Waals surface area contributed by atoms with Gasteiger partial charge in [0.2, 0.25) is 5.91 Å². The normalized spacial score (nSPS) is 33.1. The third-order valence-corrected chi connectivity index (χ3v) is 3.24. The number of nitrogens with zero attached hydrogens (tertiary/aromatic N) is 1. The van der Waals surface area contributed by atoms with Crippen molar-refractivity contribution in [1.82, 2.24) is 10.2 Å². The van der Waals surface area contributed by atoms with Crippen LogP contribution in [0.1, 0.15) is 19.8 Å². The van der Waals surface area contributed by atoms with Crippen LogP contribution in [0.5, 0.6) is 0 Å². The smallest absolute Gasteiger partial charge is 0.239 e. The molecule has 0 bridgehead atoms. The highest BCUT2D eigenvalue weighted by molar-refractivity contribution is 5.81. The van der Waals surface area contributed by atoms with Gasteiger partial charge in [-0.05, 0) is 26.3 Å². The molecular formula is C11H20N2O2. The van der Waals surface area contributed by atoms with Gasteiger partial charge in [-0.2, -0.15) is 0 Å². The first-order valence-electron chi connectivity index (χ1n) is 5.87. The van der Waals surface area contributed by atoms with Gasteiger partial charge in [-0.1, -0.05) is 0 Å². The van der Waals surface area contributed by atoms with Crippen LogP contribution in [0.15, 0.2) is 0 Å². The summed E-state index contributed by atoms with van der Waals surface area (Å²) in [6.07, 6.45) is 2.16. The standard InChI is InChI=1S/C11H20N2O2/c1-9-11(14)13(5-2-4-12-9)7-10-3-6-15-8-10/h9-10,12H,2-8H2,1H3. The molecule has 2 fully saturated rings. The van der Waals surface area contributed by atoms with Gasteiger partial charge < -0.3 is 15.0 Å². The molecule has 0 saturated carbocycles. The minimum Gasteiger partial charge on any atom is -0.381 e. The second-order valence-corrected chi connectivity index (χ2v) is 4.54. The number of hydrogen-bond acceptors (Lipinski definition) is 3. The van der Waals surface area contributed by atoms with E-state index in [4.69, 9.17) is 4.74 Å². The lowest BCUT2D eigenvalue weighted by Crippen LogP contribution is -2.43. The first-order valence-corrected chi connectivity index (χ1v) is 5.87. The summed E-state index contributed by atoms with van der Waals surface area (Å²) >= 11 is 0. The van der Waals surface area contributed by atoms with Gasteiger partial charge in [0.25, 0.3) is 0 Å². The van der Waals surface area contributed by atoms with Gasteiger partial charge >= 0.3 is 0 Å². The van der Waals surface area contributed by atoms with Crippen molar-refractivity contribution in [2.45, 2.75) is 25.8 Å². The summed E-state index contributed by atoms with van der Waals surface area (Å²) in [5.41, 5.74) is 0. The van der Waals surface area contributed by atoms with E-state index >= 15 is 0 Å². The maximum atomic E-state index is 12.0. The van der Waals surface area contributed by atoms with Crippen molar-refractivity contribution >= 4 is 5.91 Å². The molecule has 1 amide bonds. The Kier molecular flexibility index (Phi) is 3.59. The minimum absolute atomic E-state index is 0.0187. The Morgan fingerprint density at radius 1 is 1.60 bits per heavy atom. The van der Waals surface area contributed by atoms with E-state index in [1.165, 1.54) is 0 Å². The molecule has 0 aromatic rings. The number of nitrogens with one attached hydrogen (secondary N) is 1. The van der Waals surface area contributed by atoms with Crippen molar-refractivity contribution < 1.29 is 9.53 Å². The maximum absolute atomic E-state index is 12.0. The van der Waals surface area contributed by atoms with E-state index in [0.717, 1.165) is 45.7 Å². The van der Waals surface area contributed by atoms with Crippen LogP contribution in [0.25, 0.3) is 0 Å². The monoisotopic (exact) mass is 212 g/mol. The molecule has 0 aliphatic carbocycles. The molecule has 0 aromatic heterocycles. The van der Waals surface area contributed by atoms with Crippen molar-refractivity contribution in [3.8, 4) is 0 Å². The van der Waals surface area contributed by atoms with E-state index in [2.05, 4.69) is 5.32 Å². The van der Waals surface area contributed by atoms with Crippen LogP contribution in [-0.4, -0.2) is 49.7 Å². The van der Waals surface area contributed by atoms with E-state index in [-0.39, 0.29) is 11.9 Å². The predicted molar refractivity (Wildman–Crippen MR) is 57.6 cm³/mol. The fourth-order valence-electron chi connectivity index (χ4n) is 2.28. The summed E-state index contributed by atoms with van der Waals surface area (Å²) in [6, 6.07) is -0.0187. The predicted octanol–water partition coefficient (Wildman–Crippen LogP) is 0.233. The van der Waals surface area contributed by atoms with Crippen molar-refractivity contribution in [3.63, 3.8) is 0 Å². The van der Waals surface area contributed by atoms with E-state index in [0.29, 0.717) is 5.92 Å². The van der Waals surface area contributed by atoms with Gasteiger partial charge in [0.05, 0.1) is 12.6 Å². The number of hydrogen-bond donors (Lipinski definition) is 1. The molecule has 2 heterocycles. The summed E-state index contributed by atoms with van der Waals surface area (Å²) in [5, 5.41) is 3.23. The van der Waals surface area contributed by atoms with Gasteiger partial charge in [0.1, 0.15) is 0 Å². The summed E-state index contributed by atoms with van der Waals surface area (Å²) in [5.74, 6) is 0.804. The molecule has 2 rings (SSSR count). The first kappa shape index (κ1) is 10.9. The number of amides is 1. The number of ether oxygens (including phenoxy) is 1. The molecule has 4 heteroatoms. The van der Waals surface area contributed by atoms with Gasteiger partial charge in [0.15, 0.2) is 0 Å². The summed E-state index contributed by atoms with van der Waals surface area (Å²) in [4.78, 5) is 14.0. The largest absolute Gasteiger partial charge is 0.381 e. The molecule has 1 N–H and O–H groups in total. The molecule has 2 aliphatic heterocycles. The topological polar surface area (TPSA) is 41.6 Å². The van der Waals surface area contributed by atoms with Crippen LogP contribution in [0.2, 0.25) is 0 Å². The highest BCUT2D eigenvalue weighted by Gasteiger charge is 2.26. The summed E-state index contributed by atoms with van der Waals surface area (Å²) < 4.78 is 5.34. The van der Waals surface area contributed by atoms with Crippen LogP contribution in [0, 0.1) is 5.92 Å². The van der Waals surface area contributed by atoms with Crippen LogP contribution >= 0.6 is 0 Å². The van der Waals surface area contributed by atoms with Crippen LogP contribution in [-0.2, 0) is 9.53 Å². The van der Waals surface area contributed by atoms with E-state index in [1.54, 1.807) is 0 Å². The SMILES string of the molecule is CC1NCCCN(CC2CCOC2)C1=O. The Bertz CT molecular complexity index is 227. The Hall–Kier alpha value is -0.610. The quantitative estimate of drug-likeness (QED) is 0.712. The minimum atomic E-state index is -0.0187. The van der Waals surface area contributed by atoms with Gasteiger partial charge in [-0.3, -0.25) is 4.79 Å². The summed E-state index contributed by atoms with van der Waals surface area (Å²) in [6.45, 7) is 6.36. The lowest BCUT2D eigenvalue weighted by molar-refractivity contribution is -0.132. The van der Waals surface area contributed by atoms with Gasteiger partial charge in [-0.15, -0.1) is 0 Å². The fraction of sp³-hybridized carbons (Fsp3) is 0.909. The number of carbonyl (C=O) groups is 1. The highest BCUT2D eigenvalue weighted by Crippen LogP contribution is 2.15. The van der Waals surface area contributed by atoms with Crippen molar-refractivity contribution in [2.24, 2.45) is 5.92 Å². The third-order valence-electron chi connectivity index (χ3n) is 3.24. The Labute approximate surface area is 91.0 Å². The molecular weight excluding hydrogens is 192 g/mol. The second kappa shape index (κ2) is 4.94. The summed E-state index contributed by atoms with van der Waals surface area (Å²) in [7, 11) is 0. The van der Waals surface area contributed by atoms with Crippen molar-refractivity contribution in [1.29, 1.82) is 0 Å². The van der Waals surface area contributed by atoms with E-state index in [9.17, 15) is 4.79 Å². The van der Waals surface area contributed by atoms with Crippen molar-refractivity contribution in [3.05, 3.63) is 0 Å². The number of carbonyl (C=O) groups excluding carboxylic acids is 1. The molecule has 2 aliphatic rings. The second-order valence-electron chi connectivity index (χ2n) is 4.54. The molecule has 86 valence electrons. The number of rotatable bonds is 2. The van der Waals surface area contributed by atoms with E-state index < -0.39 is 0 Å². The lowest BCUT2D eigenvalue weighted by atomic mass is 10.1. The van der Waals surface area contributed by atoms with Crippen LogP contribution in [0.3, 0.4) is 0 Å². The Balaban J connectivity index is 1.90. The van der Waals surface area contributed by atoms with Gasteiger partial charge in [0, 0.05) is 25.6 Å². The molecule has 4 nitrogen and oxygen atoms in total. The maximum Gasteiger partial charge on any atom is 0.239 e. The third kappa shape index (κ3) is 2.69. The average Bonchev–Trinajstić information content (AvgIpc) is 2.68. The Morgan fingerprint density at radius 2 is 2.47 bits per heavy atom. The lowest BCUT2D eigenvalue weighted by Gasteiger charge is -2.25. The molecule has 0 aromatic carbocycles. The zero-order valence-electron chi connectivity index (χ0n) is 9.37. The van der Waals surface area contributed by atoms with Gasteiger partial charge in [-0.25, -0.2) is 0 Å². The zero-order valence-corrected chi connectivity index (χ0v) is 9.37. The fourth-order valence-corrected chi connectivity index (χ4v) is 2.28. The Morgan fingerprint density at radius 3 is 3.20 bits per heavy atom. The molecule has 0 spiro atoms. The molecule has 0 radical (unpaired) electrons. The molecule has 2 unspecified atom stereocenters. The molecule has 15 heavy (non-hydrogen) atoms. The zero-order chi connectivity index (χ0) is 10.7. The first-order chi connectivity index (χ1) is 7.27. The molecule has 2 atom stereocenters. The highest BCUT2D eigenvalue weighted by atomic mass is 16.5. The van der Waals surface area contributed by atoms with Crippen molar-refractivity contribution in [2.75, 3.05) is 32.8 Å². The van der Waals surface area contributed by atoms with Crippen LogP contribution < -0.4 is 5.32 Å². The average molecular weight is 212 g/mol. The van der Waals surface area contributed by atoms with E-state index in [1.807, 2.05) is 11.8 Å². The molecule has 2 saturated heterocycles. The van der Waals surface area contributed by atoms with Crippen LogP contribution in [0.4, 0.5) is 0 Å².